The molecule has 0 heterocycles. The van der Waals surface area contributed by atoms with E-state index < -0.39 is 5.97 Å². The van der Waals surface area contributed by atoms with E-state index in [1.807, 2.05) is 18.2 Å². The fourth-order valence-electron chi connectivity index (χ4n) is 2.21. The number of aliphatic carboxylic acids is 1. The molecular formula is C18H32O4. The Morgan fingerprint density at radius 3 is 2.45 bits per heavy atom. The van der Waals surface area contributed by atoms with Crippen LogP contribution in [0.25, 0.3) is 0 Å². The van der Waals surface area contributed by atoms with Gasteiger partial charge in [0.1, 0.15) is 6.10 Å². The maximum absolute atomic E-state index is 10.3. The molecule has 4 nitrogen and oxygen atoms in total. The van der Waals surface area contributed by atoms with Crippen LogP contribution >= 0.6 is 0 Å². The van der Waals surface area contributed by atoms with Crippen LogP contribution in [-0.2, 0) is 9.68 Å². The molecule has 0 fully saturated rings. The molecule has 0 saturated heterocycles. The van der Waals surface area contributed by atoms with Crippen molar-refractivity contribution in [3.05, 3.63) is 24.3 Å². The smallest absolute Gasteiger partial charge is 0.303 e. The van der Waals surface area contributed by atoms with Crippen molar-refractivity contribution < 1.29 is 20.0 Å². The van der Waals surface area contributed by atoms with Gasteiger partial charge < -0.3 is 5.11 Å². The van der Waals surface area contributed by atoms with Gasteiger partial charge in [0.15, 0.2) is 0 Å². The fourth-order valence-corrected chi connectivity index (χ4v) is 2.21. The van der Waals surface area contributed by atoms with Crippen molar-refractivity contribution in [3.63, 3.8) is 0 Å². The summed E-state index contributed by atoms with van der Waals surface area (Å²) in [6, 6.07) is 0. The highest BCUT2D eigenvalue weighted by atomic mass is 17.1. The van der Waals surface area contributed by atoms with E-state index in [0.29, 0.717) is 0 Å². The minimum atomic E-state index is -0.699. The van der Waals surface area contributed by atoms with Gasteiger partial charge in [0.25, 0.3) is 0 Å². The Labute approximate surface area is 134 Å². The zero-order valence-corrected chi connectivity index (χ0v) is 13.9. The zero-order valence-electron chi connectivity index (χ0n) is 13.9. The molecular weight excluding hydrogens is 280 g/mol. The van der Waals surface area contributed by atoms with Crippen LogP contribution in [0.15, 0.2) is 24.3 Å². The third kappa shape index (κ3) is 15.3. The predicted octanol–water partition coefficient (Wildman–Crippen LogP) is 5.35. The lowest BCUT2D eigenvalue weighted by Crippen LogP contribution is -2.06. The number of hydrogen-bond donors (Lipinski definition) is 2. The van der Waals surface area contributed by atoms with E-state index in [1.54, 1.807) is 0 Å². The molecule has 0 aromatic heterocycles. The molecule has 0 unspecified atom stereocenters. The lowest BCUT2D eigenvalue weighted by Gasteiger charge is -2.07. The maximum Gasteiger partial charge on any atom is 0.303 e. The third-order valence-electron chi connectivity index (χ3n) is 3.56. The number of carbonyl (C=O) groups is 1. The number of allylic oxidation sites excluding steroid dienone is 3. The van der Waals surface area contributed by atoms with Gasteiger partial charge in [0, 0.05) is 6.42 Å². The van der Waals surface area contributed by atoms with Crippen molar-refractivity contribution in [1.29, 1.82) is 0 Å². The second kappa shape index (κ2) is 16.2. The molecule has 0 spiro atoms. The summed E-state index contributed by atoms with van der Waals surface area (Å²) in [6.07, 6.45) is 18.5. The summed E-state index contributed by atoms with van der Waals surface area (Å²) < 4.78 is 0. The SMILES string of the molecule is CCCCC[C@H](/C=C/C=C\CCCCCCCC(=O)O)OO. The maximum atomic E-state index is 10.3. The average Bonchev–Trinajstić information content (AvgIpc) is 2.50. The number of rotatable bonds is 15. The first-order valence-electron chi connectivity index (χ1n) is 8.56. The molecule has 0 aromatic carbocycles. The molecule has 128 valence electrons. The number of carboxylic acids is 1. The van der Waals surface area contributed by atoms with Crippen LogP contribution in [0, 0.1) is 0 Å². The number of unbranched alkanes of at least 4 members (excludes halogenated alkanes) is 7. The van der Waals surface area contributed by atoms with Crippen LogP contribution in [0.4, 0.5) is 0 Å². The van der Waals surface area contributed by atoms with Gasteiger partial charge in [0.2, 0.25) is 0 Å². The van der Waals surface area contributed by atoms with Crippen molar-refractivity contribution in [2.75, 3.05) is 0 Å². The van der Waals surface area contributed by atoms with Crippen molar-refractivity contribution in [2.24, 2.45) is 0 Å². The minimum Gasteiger partial charge on any atom is -0.481 e. The van der Waals surface area contributed by atoms with Crippen molar-refractivity contribution in [1.82, 2.24) is 0 Å². The summed E-state index contributed by atoms with van der Waals surface area (Å²) in [6.45, 7) is 2.15. The standard InChI is InChI=1S/C18H32O4/c1-2-3-11-14-17(22-21)15-12-9-7-5-4-6-8-10-13-16-18(19)20/h7,9,12,15,17,21H,2-6,8,10-11,13-14,16H2,1H3,(H,19,20)/b9-7-,15-12+/t17-/m1/s1. The quantitative estimate of drug-likeness (QED) is 0.185. The van der Waals surface area contributed by atoms with Gasteiger partial charge in [-0.25, -0.2) is 4.89 Å². The molecule has 0 radical (unpaired) electrons. The van der Waals surface area contributed by atoms with E-state index in [1.165, 1.54) is 0 Å². The lowest BCUT2D eigenvalue weighted by atomic mass is 10.1. The van der Waals surface area contributed by atoms with Gasteiger partial charge >= 0.3 is 5.97 Å². The average molecular weight is 312 g/mol. The van der Waals surface area contributed by atoms with Gasteiger partial charge in [-0.1, -0.05) is 69.8 Å². The monoisotopic (exact) mass is 312 g/mol. The molecule has 0 aliphatic rings. The third-order valence-corrected chi connectivity index (χ3v) is 3.56. The first-order chi connectivity index (χ1) is 10.7. The van der Waals surface area contributed by atoms with Crippen LogP contribution < -0.4 is 0 Å². The Morgan fingerprint density at radius 1 is 1.05 bits per heavy atom. The molecule has 0 aromatic rings. The Hall–Kier alpha value is -1.13. The largest absolute Gasteiger partial charge is 0.481 e. The molecule has 0 rings (SSSR count). The summed E-state index contributed by atoms with van der Waals surface area (Å²) in [5, 5.41) is 17.3. The highest BCUT2D eigenvalue weighted by Crippen LogP contribution is 2.09. The Kier molecular flexibility index (Phi) is 15.4. The normalized spacial score (nSPS) is 13.2. The second-order valence-electron chi connectivity index (χ2n) is 5.65. The number of hydrogen-bond acceptors (Lipinski definition) is 3. The van der Waals surface area contributed by atoms with Crippen molar-refractivity contribution in [2.45, 2.75) is 83.7 Å². The van der Waals surface area contributed by atoms with Gasteiger partial charge in [-0.05, 0) is 25.7 Å². The van der Waals surface area contributed by atoms with E-state index >= 15 is 0 Å². The Bertz CT molecular complexity index is 310. The summed E-state index contributed by atoms with van der Waals surface area (Å²) in [7, 11) is 0. The van der Waals surface area contributed by atoms with E-state index in [9.17, 15) is 4.79 Å². The van der Waals surface area contributed by atoms with E-state index in [2.05, 4.69) is 17.9 Å². The molecule has 22 heavy (non-hydrogen) atoms. The van der Waals surface area contributed by atoms with E-state index in [4.69, 9.17) is 10.4 Å². The van der Waals surface area contributed by atoms with Crippen molar-refractivity contribution in [3.8, 4) is 0 Å². The summed E-state index contributed by atoms with van der Waals surface area (Å²) >= 11 is 0. The van der Waals surface area contributed by atoms with Crippen LogP contribution in [0.3, 0.4) is 0 Å². The second-order valence-corrected chi connectivity index (χ2v) is 5.65. The minimum absolute atomic E-state index is 0.203. The molecule has 0 saturated carbocycles. The Balaban J connectivity index is 3.51. The van der Waals surface area contributed by atoms with Crippen LogP contribution in [-0.4, -0.2) is 22.4 Å². The van der Waals surface area contributed by atoms with Crippen LogP contribution in [0.5, 0.6) is 0 Å². The van der Waals surface area contributed by atoms with Crippen molar-refractivity contribution >= 4 is 5.97 Å². The van der Waals surface area contributed by atoms with Gasteiger partial charge in [-0.2, -0.15) is 0 Å². The highest BCUT2D eigenvalue weighted by Gasteiger charge is 2.02. The first-order valence-corrected chi connectivity index (χ1v) is 8.56. The molecule has 2 N–H and O–H groups in total. The molecule has 0 bridgehead atoms. The molecule has 0 aliphatic carbocycles. The van der Waals surface area contributed by atoms with E-state index in [0.717, 1.165) is 64.2 Å². The lowest BCUT2D eigenvalue weighted by molar-refractivity contribution is -0.267. The summed E-state index contributed by atoms with van der Waals surface area (Å²) in [5.74, 6) is -0.699. The number of carboxylic acid groups (broad SMARTS) is 1. The van der Waals surface area contributed by atoms with Gasteiger partial charge in [-0.3, -0.25) is 10.1 Å². The van der Waals surface area contributed by atoms with Crippen LogP contribution in [0.1, 0.15) is 77.6 Å². The fraction of sp³-hybridized carbons (Fsp3) is 0.722. The summed E-state index contributed by atoms with van der Waals surface area (Å²) in [4.78, 5) is 14.8. The first kappa shape index (κ1) is 20.9. The molecule has 1 atom stereocenters. The van der Waals surface area contributed by atoms with E-state index in [-0.39, 0.29) is 12.5 Å². The van der Waals surface area contributed by atoms with Gasteiger partial charge in [-0.15, -0.1) is 0 Å². The molecule has 0 amide bonds. The highest BCUT2D eigenvalue weighted by molar-refractivity contribution is 5.66. The Morgan fingerprint density at radius 2 is 1.77 bits per heavy atom. The predicted molar refractivity (Wildman–Crippen MR) is 89.9 cm³/mol. The zero-order chi connectivity index (χ0) is 16.5. The summed E-state index contributed by atoms with van der Waals surface area (Å²) in [5.41, 5.74) is 0. The molecule has 4 heteroatoms. The topological polar surface area (TPSA) is 66.8 Å². The van der Waals surface area contributed by atoms with Crippen LogP contribution in [0.2, 0.25) is 0 Å². The van der Waals surface area contributed by atoms with Gasteiger partial charge in [0.05, 0.1) is 0 Å². The molecule has 0 aliphatic heterocycles.